The van der Waals surface area contributed by atoms with Crippen LogP contribution in [0.15, 0.2) is 63.9 Å². The molecule has 2 aromatic heterocycles. The molecule has 0 spiro atoms. The van der Waals surface area contributed by atoms with Crippen molar-refractivity contribution >= 4 is 32.7 Å². The van der Waals surface area contributed by atoms with E-state index in [9.17, 15) is 9.59 Å². The Bertz CT molecular complexity index is 1230. The van der Waals surface area contributed by atoms with E-state index in [0.29, 0.717) is 28.3 Å². The van der Waals surface area contributed by atoms with Gasteiger partial charge in [0.25, 0.3) is 11.5 Å². The molecule has 0 saturated carbocycles. The summed E-state index contributed by atoms with van der Waals surface area (Å²) in [5.41, 5.74) is 1.71. The molecule has 2 aromatic carbocycles. The molecular formula is C20H15BrN4O3. The van der Waals surface area contributed by atoms with Crippen LogP contribution in [0.2, 0.25) is 0 Å². The second-order valence-electron chi connectivity index (χ2n) is 6.16. The zero-order chi connectivity index (χ0) is 19.7. The number of carbonyl (C=O) groups excluding carboxylic acids is 1. The summed E-state index contributed by atoms with van der Waals surface area (Å²) < 4.78 is 7.76. The predicted molar refractivity (Wildman–Crippen MR) is 109 cm³/mol. The number of carbonyl (C=O) groups is 1. The highest BCUT2D eigenvalue weighted by Crippen LogP contribution is 2.29. The zero-order valence-electron chi connectivity index (χ0n) is 14.8. The van der Waals surface area contributed by atoms with Gasteiger partial charge in [0, 0.05) is 21.8 Å². The minimum Gasteiger partial charge on any atom is -0.467 e. The van der Waals surface area contributed by atoms with Crippen LogP contribution in [0.5, 0.6) is 5.88 Å². The van der Waals surface area contributed by atoms with E-state index in [1.54, 1.807) is 6.92 Å². The average Bonchev–Trinajstić information content (AvgIpc) is 3.04. The van der Waals surface area contributed by atoms with Crippen molar-refractivity contribution in [3.8, 4) is 17.3 Å². The maximum atomic E-state index is 12.4. The molecular weight excluding hydrogens is 424 g/mol. The SMILES string of the molecule is Cc1cc(=O)[nH]n1C(=O)COc1nc(-c2ccccc2)nc2ccc(Br)cc12. The summed E-state index contributed by atoms with van der Waals surface area (Å²) in [7, 11) is 0. The number of fused-ring (bicyclic) bond motifs is 1. The fourth-order valence-corrected chi connectivity index (χ4v) is 3.20. The van der Waals surface area contributed by atoms with Gasteiger partial charge in [0.05, 0.1) is 10.9 Å². The fourth-order valence-electron chi connectivity index (χ4n) is 2.84. The van der Waals surface area contributed by atoms with Crippen molar-refractivity contribution < 1.29 is 9.53 Å². The number of ether oxygens (including phenoxy) is 1. The maximum absolute atomic E-state index is 12.4. The Morgan fingerprint density at radius 1 is 1.14 bits per heavy atom. The summed E-state index contributed by atoms with van der Waals surface area (Å²) in [6.07, 6.45) is 0. The Balaban J connectivity index is 1.72. The average molecular weight is 439 g/mol. The van der Waals surface area contributed by atoms with Crippen LogP contribution in [0.25, 0.3) is 22.3 Å². The molecule has 0 atom stereocenters. The molecule has 4 rings (SSSR count). The monoisotopic (exact) mass is 438 g/mol. The Hall–Kier alpha value is -3.26. The number of nitrogens with zero attached hydrogens (tertiary/aromatic N) is 3. The normalized spacial score (nSPS) is 10.9. The number of rotatable bonds is 4. The van der Waals surface area contributed by atoms with Crippen LogP contribution in [0, 0.1) is 6.92 Å². The number of halogens is 1. The summed E-state index contributed by atoms with van der Waals surface area (Å²) >= 11 is 3.44. The highest BCUT2D eigenvalue weighted by atomic mass is 79.9. The van der Waals surface area contributed by atoms with Gasteiger partial charge in [-0.25, -0.2) is 9.67 Å². The van der Waals surface area contributed by atoms with E-state index < -0.39 is 5.91 Å². The molecule has 8 heteroatoms. The fraction of sp³-hybridized carbons (Fsp3) is 0.100. The number of aryl methyl sites for hydroxylation is 1. The Kier molecular flexibility index (Phi) is 4.79. The van der Waals surface area contributed by atoms with Crippen molar-refractivity contribution in [3.05, 3.63) is 75.1 Å². The molecule has 0 fully saturated rings. The number of H-pyrrole nitrogens is 1. The molecule has 4 aromatic rings. The van der Waals surface area contributed by atoms with Gasteiger partial charge in [-0.05, 0) is 25.1 Å². The lowest BCUT2D eigenvalue weighted by Gasteiger charge is -2.11. The van der Waals surface area contributed by atoms with Crippen molar-refractivity contribution in [1.82, 2.24) is 19.7 Å². The molecule has 7 nitrogen and oxygen atoms in total. The Labute approximate surface area is 168 Å². The van der Waals surface area contributed by atoms with Gasteiger partial charge in [-0.1, -0.05) is 46.3 Å². The molecule has 0 radical (unpaired) electrons. The van der Waals surface area contributed by atoms with Crippen molar-refractivity contribution in [3.63, 3.8) is 0 Å². The number of nitrogens with one attached hydrogen (secondary N) is 1. The lowest BCUT2D eigenvalue weighted by atomic mass is 10.2. The first kappa shape index (κ1) is 18.1. The second-order valence-corrected chi connectivity index (χ2v) is 7.08. The lowest BCUT2D eigenvalue weighted by molar-refractivity contribution is 0.0815. The molecule has 0 unspecified atom stereocenters. The molecule has 0 aliphatic heterocycles. The first-order valence-electron chi connectivity index (χ1n) is 8.48. The highest BCUT2D eigenvalue weighted by Gasteiger charge is 2.15. The number of aromatic nitrogens is 4. The predicted octanol–water partition coefficient (Wildman–Crippen LogP) is 3.58. The second kappa shape index (κ2) is 7.40. The van der Waals surface area contributed by atoms with E-state index in [0.717, 1.165) is 10.0 Å². The van der Waals surface area contributed by atoms with Crippen LogP contribution in [0.3, 0.4) is 0 Å². The topological polar surface area (TPSA) is 89.9 Å². The maximum Gasteiger partial charge on any atom is 0.283 e. The molecule has 0 bridgehead atoms. The molecule has 0 aliphatic carbocycles. The third kappa shape index (κ3) is 3.59. The quantitative estimate of drug-likeness (QED) is 0.525. The molecule has 0 aliphatic rings. The molecule has 2 heterocycles. The van der Waals surface area contributed by atoms with Gasteiger partial charge < -0.3 is 4.74 Å². The summed E-state index contributed by atoms with van der Waals surface area (Å²) in [6.45, 7) is 1.39. The molecule has 0 amide bonds. The summed E-state index contributed by atoms with van der Waals surface area (Å²) in [4.78, 5) is 33.0. The minimum atomic E-state index is -0.400. The number of aromatic amines is 1. The lowest BCUT2D eigenvalue weighted by Crippen LogP contribution is -2.23. The van der Waals surface area contributed by atoms with E-state index in [4.69, 9.17) is 4.74 Å². The highest BCUT2D eigenvalue weighted by molar-refractivity contribution is 9.10. The van der Waals surface area contributed by atoms with Crippen LogP contribution >= 0.6 is 15.9 Å². The standard InChI is InChI=1S/C20H15BrN4O3/c1-12-9-17(26)24-25(12)18(27)11-28-20-15-10-14(21)7-8-16(15)22-19(23-20)13-5-3-2-4-6-13/h2-10H,11H2,1H3,(H,24,26). The molecule has 1 N–H and O–H groups in total. The number of benzene rings is 2. The van der Waals surface area contributed by atoms with Crippen LogP contribution in [-0.4, -0.2) is 32.3 Å². The zero-order valence-corrected chi connectivity index (χ0v) is 16.4. The smallest absolute Gasteiger partial charge is 0.283 e. The largest absolute Gasteiger partial charge is 0.467 e. The van der Waals surface area contributed by atoms with Gasteiger partial charge in [-0.3, -0.25) is 14.7 Å². The van der Waals surface area contributed by atoms with Gasteiger partial charge in [0.2, 0.25) is 5.88 Å². The van der Waals surface area contributed by atoms with E-state index in [1.165, 1.54) is 10.7 Å². The van der Waals surface area contributed by atoms with E-state index >= 15 is 0 Å². The van der Waals surface area contributed by atoms with Crippen LogP contribution in [-0.2, 0) is 0 Å². The first-order valence-corrected chi connectivity index (χ1v) is 9.28. The van der Waals surface area contributed by atoms with E-state index in [1.807, 2.05) is 48.5 Å². The Morgan fingerprint density at radius 2 is 1.93 bits per heavy atom. The van der Waals surface area contributed by atoms with Crippen molar-refractivity contribution in [1.29, 1.82) is 0 Å². The summed E-state index contributed by atoms with van der Waals surface area (Å²) in [5.74, 6) is 0.400. The third-order valence-electron chi connectivity index (χ3n) is 4.15. The van der Waals surface area contributed by atoms with Gasteiger partial charge in [-0.2, -0.15) is 4.98 Å². The van der Waals surface area contributed by atoms with Crippen LogP contribution in [0.1, 0.15) is 10.5 Å². The first-order chi connectivity index (χ1) is 13.5. The Morgan fingerprint density at radius 3 is 2.64 bits per heavy atom. The van der Waals surface area contributed by atoms with Gasteiger partial charge in [-0.15, -0.1) is 0 Å². The van der Waals surface area contributed by atoms with Gasteiger partial charge >= 0.3 is 0 Å². The van der Waals surface area contributed by atoms with Crippen LogP contribution < -0.4 is 10.3 Å². The van der Waals surface area contributed by atoms with Crippen molar-refractivity contribution in [2.45, 2.75) is 6.92 Å². The van der Waals surface area contributed by atoms with Crippen molar-refractivity contribution in [2.24, 2.45) is 0 Å². The van der Waals surface area contributed by atoms with Crippen LogP contribution in [0.4, 0.5) is 0 Å². The minimum absolute atomic E-state index is 0.279. The number of hydrogen-bond donors (Lipinski definition) is 1. The summed E-state index contributed by atoms with van der Waals surface area (Å²) in [5, 5.41) is 3.14. The third-order valence-corrected chi connectivity index (χ3v) is 4.64. The summed E-state index contributed by atoms with van der Waals surface area (Å²) in [6, 6.07) is 16.5. The molecule has 0 saturated heterocycles. The van der Waals surface area contributed by atoms with Gasteiger partial charge in [0.15, 0.2) is 12.4 Å². The van der Waals surface area contributed by atoms with Crippen molar-refractivity contribution in [2.75, 3.05) is 6.61 Å². The molecule has 140 valence electrons. The van der Waals surface area contributed by atoms with Gasteiger partial charge in [0.1, 0.15) is 0 Å². The number of hydrogen-bond acceptors (Lipinski definition) is 5. The van der Waals surface area contributed by atoms with E-state index in [2.05, 4.69) is 31.0 Å². The van der Waals surface area contributed by atoms with E-state index in [-0.39, 0.29) is 12.2 Å². The molecule has 28 heavy (non-hydrogen) atoms.